The molecule has 0 spiro atoms. The molecule has 8 nitrogen and oxygen atoms in total. The Morgan fingerprint density at radius 3 is 2.83 bits per heavy atom. The van der Waals surface area contributed by atoms with Crippen molar-refractivity contribution < 1.29 is 4.92 Å². The van der Waals surface area contributed by atoms with Crippen LogP contribution >= 0.6 is 12.2 Å². The highest BCUT2D eigenvalue weighted by Gasteiger charge is 2.08. The molecule has 0 saturated heterocycles. The smallest absolute Gasteiger partial charge is 0.265 e. The minimum absolute atomic E-state index is 0.000835. The summed E-state index contributed by atoms with van der Waals surface area (Å²) in [6.07, 6.45) is 4.77. The highest BCUT2D eigenvalue weighted by atomic mass is 32.1. The maximum Gasteiger partial charge on any atom is 0.270 e. The minimum Gasteiger partial charge on any atom is -0.265 e. The highest BCUT2D eigenvalue weighted by Crippen LogP contribution is 2.16. The number of aromatic nitrogens is 4. The fraction of sp³-hybridized carbons (Fsp3) is 0. The van der Waals surface area contributed by atoms with E-state index in [0.29, 0.717) is 16.2 Å². The van der Waals surface area contributed by atoms with E-state index in [1.54, 1.807) is 36.7 Å². The van der Waals surface area contributed by atoms with Gasteiger partial charge in [0.1, 0.15) is 0 Å². The molecule has 1 N–H and O–H groups in total. The van der Waals surface area contributed by atoms with Gasteiger partial charge < -0.3 is 0 Å². The number of nitrogens with zero attached hydrogens (tertiary/aromatic N) is 5. The monoisotopic (exact) mass is 326 g/mol. The van der Waals surface area contributed by atoms with Crippen LogP contribution in [0, 0.1) is 14.9 Å². The molecule has 3 rings (SSSR count). The van der Waals surface area contributed by atoms with E-state index in [4.69, 9.17) is 12.2 Å². The molecule has 0 aliphatic rings. The summed E-state index contributed by atoms with van der Waals surface area (Å²) < 4.78 is 1.77. The largest absolute Gasteiger partial charge is 0.270 e. The van der Waals surface area contributed by atoms with Gasteiger partial charge in [-0.2, -0.15) is 14.9 Å². The number of hydrogen-bond acceptors (Lipinski definition) is 6. The van der Waals surface area contributed by atoms with E-state index >= 15 is 0 Å². The second-order valence-corrected chi connectivity index (χ2v) is 4.88. The van der Waals surface area contributed by atoms with Crippen molar-refractivity contribution in [2.45, 2.75) is 0 Å². The Labute approximate surface area is 135 Å². The van der Waals surface area contributed by atoms with Gasteiger partial charge in [0.15, 0.2) is 5.82 Å². The number of H-pyrrole nitrogens is 1. The molecule has 0 fully saturated rings. The fourth-order valence-electron chi connectivity index (χ4n) is 1.93. The Hall–Kier alpha value is -3.20. The van der Waals surface area contributed by atoms with Crippen molar-refractivity contribution in [3.8, 4) is 11.4 Å². The number of nitro benzene ring substituents is 1. The zero-order valence-electron chi connectivity index (χ0n) is 11.7. The van der Waals surface area contributed by atoms with Gasteiger partial charge in [-0.3, -0.25) is 15.1 Å². The van der Waals surface area contributed by atoms with Gasteiger partial charge in [0.25, 0.3) is 5.69 Å². The van der Waals surface area contributed by atoms with Crippen LogP contribution in [-0.4, -0.2) is 31.0 Å². The number of rotatable bonds is 4. The van der Waals surface area contributed by atoms with Crippen LogP contribution in [0.1, 0.15) is 5.56 Å². The first kappa shape index (κ1) is 14.7. The normalized spacial score (nSPS) is 11.0. The molecule has 2 aromatic heterocycles. The molecule has 0 bridgehead atoms. The summed E-state index contributed by atoms with van der Waals surface area (Å²) in [5, 5.41) is 21.9. The second-order valence-electron chi connectivity index (χ2n) is 4.50. The first-order valence-electron chi connectivity index (χ1n) is 6.52. The third-order valence-electron chi connectivity index (χ3n) is 2.99. The van der Waals surface area contributed by atoms with Crippen LogP contribution in [0.5, 0.6) is 0 Å². The molecule has 3 aromatic rings. The van der Waals surface area contributed by atoms with Crippen molar-refractivity contribution in [3.63, 3.8) is 0 Å². The number of benzene rings is 1. The van der Waals surface area contributed by atoms with Crippen LogP contribution in [0.25, 0.3) is 11.4 Å². The molecular formula is C14H10N6O2S. The van der Waals surface area contributed by atoms with Crippen molar-refractivity contribution in [3.05, 3.63) is 69.2 Å². The van der Waals surface area contributed by atoms with Gasteiger partial charge in [-0.1, -0.05) is 12.1 Å². The van der Waals surface area contributed by atoms with Crippen molar-refractivity contribution in [2.75, 3.05) is 0 Å². The standard InChI is InChI=1S/C14H10N6O2S/c21-20(22)12-3-1-2-10(8-12)9-16-19-13(17-18-14(19)23)11-4-6-15-7-5-11/h1-9H,(H,18,23)/b16-9-. The molecule has 0 unspecified atom stereocenters. The Morgan fingerprint density at radius 2 is 2.09 bits per heavy atom. The van der Waals surface area contributed by atoms with Crippen molar-refractivity contribution in [2.24, 2.45) is 5.10 Å². The van der Waals surface area contributed by atoms with Gasteiger partial charge in [0.2, 0.25) is 4.77 Å². The van der Waals surface area contributed by atoms with Crippen molar-refractivity contribution in [1.82, 2.24) is 19.9 Å². The third-order valence-corrected chi connectivity index (χ3v) is 3.26. The maximum atomic E-state index is 10.8. The number of non-ortho nitro benzene ring substituents is 1. The summed E-state index contributed by atoms with van der Waals surface area (Å²) in [7, 11) is 0. The fourth-order valence-corrected chi connectivity index (χ4v) is 2.11. The summed E-state index contributed by atoms with van der Waals surface area (Å²) in [4.78, 5) is 14.3. The first-order valence-corrected chi connectivity index (χ1v) is 6.92. The second kappa shape index (κ2) is 6.28. The summed E-state index contributed by atoms with van der Waals surface area (Å²) in [5.41, 5.74) is 1.38. The minimum atomic E-state index is -0.455. The van der Waals surface area contributed by atoms with Crippen LogP contribution in [0.4, 0.5) is 5.69 Å². The average Bonchev–Trinajstić information content (AvgIpc) is 2.95. The predicted octanol–water partition coefficient (Wildman–Crippen LogP) is 2.79. The molecule has 9 heteroatoms. The van der Waals surface area contributed by atoms with Gasteiger partial charge in [-0.25, -0.2) is 5.10 Å². The first-order chi connectivity index (χ1) is 11.1. The van der Waals surface area contributed by atoms with E-state index in [2.05, 4.69) is 20.3 Å². The van der Waals surface area contributed by atoms with Crippen molar-refractivity contribution in [1.29, 1.82) is 0 Å². The van der Waals surface area contributed by atoms with Crippen LogP contribution in [0.2, 0.25) is 0 Å². The van der Waals surface area contributed by atoms with Gasteiger partial charge >= 0.3 is 0 Å². The van der Waals surface area contributed by atoms with Crippen LogP contribution < -0.4 is 0 Å². The van der Waals surface area contributed by atoms with Crippen LogP contribution in [0.15, 0.2) is 53.9 Å². The molecule has 0 atom stereocenters. The Balaban J connectivity index is 1.98. The molecule has 23 heavy (non-hydrogen) atoms. The SMILES string of the molecule is O=[N+]([O-])c1cccc(/C=N\n2c(-c3ccncc3)n[nH]c2=S)c1. The van der Waals surface area contributed by atoms with Crippen LogP contribution in [0.3, 0.4) is 0 Å². The Kier molecular flexibility index (Phi) is 4.02. The molecule has 0 aliphatic heterocycles. The summed E-state index contributed by atoms with van der Waals surface area (Å²) >= 11 is 5.16. The Morgan fingerprint density at radius 1 is 1.30 bits per heavy atom. The lowest BCUT2D eigenvalue weighted by Gasteiger charge is -2.00. The van der Waals surface area contributed by atoms with E-state index < -0.39 is 4.92 Å². The Bertz CT molecular complexity index is 932. The van der Waals surface area contributed by atoms with E-state index in [-0.39, 0.29) is 5.69 Å². The molecule has 0 saturated carbocycles. The number of pyridine rings is 1. The molecule has 0 aliphatic carbocycles. The number of nitro groups is 1. The lowest BCUT2D eigenvalue weighted by Crippen LogP contribution is -1.95. The predicted molar refractivity (Wildman–Crippen MR) is 86.7 cm³/mol. The molecule has 1 aromatic carbocycles. The van der Waals surface area contributed by atoms with Gasteiger partial charge in [0.05, 0.1) is 11.1 Å². The quantitative estimate of drug-likeness (QED) is 0.344. The van der Waals surface area contributed by atoms with E-state index in [0.717, 1.165) is 5.56 Å². The van der Waals surface area contributed by atoms with Gasteiger partial charge in [-0.15, -0.1) is 0 Å². The molecule has 0 radical (unpaired) electrons. The molecule has 114 valence electrons. The lowest BCUT2D eigenvalue weighted by molar-refractivity contribution is -0.384. The number of aromatic amines is 1. The zero-order chi connectivity index (χ0) is 16.2. The number of hydrogen-bond donors (Lipinski definition) is 1. The van der Waals surface area contributed by atoms with Crippen LogP contribution in [-0.2, 0) is 0 Å². The van der Waals surface area contributed by atoms with Crippen molar-refractivity contribution >= 4 is 24.1 Å². The zero-order valence-corrected chi connectivity index (χ0v) is 12.5. The maximum absolute atomic E-state index is 10.8. The lowest BCUT2D eigenvalue weighted by atomic mass is 10.2. The van der Waals surface area contributed by atoms with E-state index in [1.165, 1.54) is 23.0 Å². The molecule has 0 amide bonds. The average molecular weight is 326 g/mol. The van der Waals surface area contributed by atoms with Gasteiger partial charge in [0, 0.05) is 35.7 Å². The number of nitrogens with one attached hydrogen (secondary N) is 1. The van der Waals surface area contributed by atoms with E-state index in [9.17, 15) is 10.1 Å². The van der Waals surface area contributed by atoms with Gasteiger partial charge in [-0.05, 0) is 24.4 Å². The summed E-state index contributed by atoms with van der Waals surface area (Å²) in [6, 6.07) is 9.72. The molecule has 2 heterocycles. The third kappa shape index (κ3) is 3.19. The molecular weight excluding hydrogens is 316 g/mol. The summed E-state index contributed by atoms with van der Waals surface area (Å²) in [6.45, 7) is 0. The topological polar surface area (TPSA) is 102 Å². The highest BCUT2D eigenvalue weighted by molar-refractivity contribution is 7.71. The summed E-state index contributed by atoms with van der Waals surface area (Å²) in [5.74, 6) is 0.527. The van der Waals surface area contributed by atoms with E-state index in [1.807, 2.05) is 0 Å².